The fourth-order valence-electron chi connectivity index (χ4n) is 3.11. The third kappa shape index (κ3) is 3.45. The quantitative estimate of drug-likeness (QED) is 0.838. The molecular weight excluding hydrogens is 370 g/mol. The smallest absolute Gasteiger partial charge is 0.414 e. The van der Waals surface area contributed by atoms with Gasteiger partial charge in [-0.15, -0.1) is 0 Å². The predicted molar refractivity (Wildman–Crippen MR) is 99.3 cm³/mol. The first-order valence-corrected chi connectivity index (χ1v) is 9.91. The Labute approximate surface area is 156 Å². The van der Waals surface area contributed by atoms with Crippen LogP contribution in [-0.4, -0.2) is 33.6 Å². The van der Waals surface area contributed by atoms with Crippen molar-refractivity contribution in [3.63, 3.8) is 0 Å². The lowest BCUT2D eigenvalue weighted by atomic mass is 10.0. The van der Waals surface area contributed by atoms with E-state index >= 15 is 0 Å². The molecule has 4 rings (SSSR count). The van der Waals surface area contributed by atoms with Gasteiger partial charge in [-0.1, -0.05) is 6.07 Å². The second-order valence-electron chi connectivity index (χ2n) is 6.29. The molecule has 0 unspecified atom stereocenters. The Hall–Kier alpha value is -3.07. The second kappa shape index (κ2) is 6.58. The molecule has 1 fully saturated rings. The van der Waals surface area contributed by atoms with E-state index in [0.29, 0.717) is 43.1 Å². The van der Waals surface area contributed by atoms with Gasteiger partial charge in [-0.05, 0) is 48.4 Å². The number of nitrogens with zero attached hydrogens (tertiary/aromatic N) is 1. The van der Waals surface area contributed by atoms with Crippen molar-refractivity contribution in [2.45, 2.75) is 17.7 Å². The molecule has 2 N–H and O–H groups in total. The molecule has 8 nitrogen and oxygen atoms in total. The highest BCUT2D eigenvalue weighted by Crippen LogP contribution is 2.28. The van der Waals surface area contributed by atoms with Crippen LogP contribution in [0.2, 0.25) is 0 Å². The maximum atomic E-state index is 12.7. The van der Waals surface area contributed by atoms with Crippen LogP contribution in [0.25, 0.3) is 0 Å². The molecule has 0 bridgehead atoms. The number of rotatable bonds is 4. The van der Waals surface area contributed by atoms with Crippen LogP contribution in [0.4, 0.5) is 21.9 Å². The Kier molecular flexibility index (Phi) is 4.23. The Morgan fingerprint density at radius 1 is 1.07 bits per heavy atom. The highest BCUT2D eigenvalue weighted by atomic mass is 32.2. The molecule has 0 atom stereocenters. The van der Waals surface area contributed by atoms with E-state index in [2.05, 4.69) is 10.0 Å². The van der Waals surface area contributed by atoms with Crippen molar-refractivity contribution >= 4 is 39.1 Å². The lowest BCUT2D eigenvalue weighted by Gasteiger charge is -2.18. The summed E-state index contributed by atoms with van der Waals surface area (Å²) in [5, 5.41) is 2.73. The number of amides is 2. The van der Waals surface area contributed by atoms with Gasteiger partial charge in [0, 0.05) is 17.8 Å². The number of nitrogens with one attached hydrogen (secondary N) is 2. The largest absolute Gasteiger partial charge is 0.447 e. The number of anilines is 3. The van der Waals surface area contributed by atoms with Crippen molar-refractivity contribution < 1.29 is 22.7 Å². The molecule has 27 heavy (non-hydrogen) atoms. The molecule has 0 spiro atoms. The van der Waals surface area contributed by atoms with Crippen LogP contribution in [0, 0.1) is 0 Å². The minimum atomic E-state index is -3.81. The highest BCUT2D eigenvalue weighted by molar-refractivity contribution is 7.92. The molecule has 0 radical (unpaired) electrons. The molecule has 2 aliphatic heterocycles. The SMILES string of the molecule is O=C1CCc2cc(S(=O)(=O)Nc3cccc(N4CCOC4=O)c3)ccc2N1. The Morgan fingerprint density at radius 2 is 1.93 bits per heavy atom. The van der Waals surface area contributed by atoms with Gasteiger partial charge >= 0.3 is 6.09 Å². The summed E-state index contributed by atoms with van der Waals surface area (Å²) in [5.74, 6) is -0.0755. The van der Waals surface area contributed by atoms with Crippen molar-refractivity contribution in [1.82, 2.24) is 0 Å². The van der Waals surface area contributed by atoms with Crippen LogP contribution in [0.1, 0.15) is 12.0 Å². The maximum Gasteiger partial charge on any atom is 0.414 e. The zero-order valence-electron chi connectivity index (χ0n) is 14.3. The van der Waals surface area contributed by atoms with E-state index in [1.165, 1.54) is 11.0 Å². The van der Waals surface area contributed by atoms with Gasteiger partial charge in [0.15, 0.2) is 0 Å². The number of cyclic esters (lactones) is 1. The number of hydrogen-bond donors (Lipinski definition) is 2. The van der Waals surface area contributed by atoms with Crippen LogP contribution in [0.3, 0.4) is 0 Å². The Bertz CT molecular complexity index is 1040. The van der Waals surface area contributed by atoms with E-state index < -0.39 is 16.1 Å². The molecule has 0 saturated carbocycles. The number of carbonyl (C=O) groups is 2. The average Bonchev–Trinajstić information content (AvgIpc) is 3.07. The first-order chi connectivity index (χ1) is 12.9. The fraction of sp³-hybridized carbons (Fsp3) is 0.222. The predicted octanol–water partition coefficient (Wildman–Crippen LogP) is 2.33. The number of ether oxygens (including phenoxy) is 1. The second-order valence-corrected chi connectivity index (χ2v) is 7.97. The van der Waals surface area contributed by atoms with E-state index in [9.17, 15) is 18.0 Å². The van der Waals surface area contributed by atoms with Gasteiger partial charge in [0.25, 0.3) is 10.0 Å². The lowest BCUT2D eigenvalue weighted by Crippen LogP contribution is -2.23. The van der Waals surface area contributed by atoms with E-state index in [-0.39, 0.29) is 10.8 Å². The zero-order chi connectivity index (χ0) is 19.0. The molecule has 2 amide bonds. The van der Waals surface area contributed by atoms with Crippen LogP contribution >= 0.6 is 0 Å². The van der Waals surface area contributed by atoms with Crippen molar-refractivity contribution in [2.75, 3.05) is 28.1 Å². The summed E-state index contributed by atoms with van der Waals surface area (Å²) >= 11 is 0. The molecule has 0 aliphatic carbocycles. The summed E-state index contributed by atoms with van der Waals surface area (Å²) in [6.45, 7) is 0.728. The fourth-order valence-corrected chi connectivity index (χ4v) is 4.21. The van der Waals surface area contributed by atoms with Gasteiger partial charge in [0.05, 0.1) is 17.1 Å². The summed E-state index contributed by atoms with van der Waals surface area (Å²) in [4.78, 5) is 24.7. The number of carbonyl (C=O) groups excluding carboxylic acids is 2. The standard InChI is InChI=1S/C18H17N3O5S/c22-17-7-4-12-10-15(5-6-16(12)19-17)27(24,25)20-13-2-1-3-14(11-13)21-8-9-26-18(21)23/h1-3,5-6,10-11,20H,4,7-9H2,(H,19,22). The van der Waals surface area contributed by atoms with Gasteiger partial charge < -0.3 is 10.1 Å². The Balaban J connectivity index is 1.59. The third-order valence-electron chi connectivity index (χ3n) is 4.45. The van der Waals surface area contributed by atoms with Gasteiger partial charge in [-0.25, -0.2) is 13.2 Å². The van der Waals surface area contributed by atoms with E-state index in [1.807, 2.05) is 0 Å². The van der Waals surface area contributed by atoms with Crippen molar-refractivity contribution in [3.8, 4) is 0 Å². The maximum absolute atomic E-state index is 12.7. The van der Waals surface area contributed by atoms with Crippen LogP contribution in [0.5, 0.6) is 0 Å². The first kappa shape index (κ1) is 17.3. The van der Waals surface area contributed by atoms with Crippen LogP contribution in [0.15, 0.2) is 47.4 Å². The lowest BCUT2D eigenvalue weighted by molar-refractivity contribution is -0.116. The van der Waals surface area contributed by atoms with Gasteiger partial charge in [-0.2, -0.15) is 0 Å². The Morgan fingerprint density at radius 3 is 2.70 bits per heavy atom. The van der Waals surface area contributed by atoms with E-state index in [0.717, 1.165) is 5.56 Å². The first-order valence-electron chi connectivity index (χ1n) is 8.42. The summed E-state index contributed by atoms with van der Waals surface area (Å²) < 4.78 is 32.9. The van der Waals surface area contributed by atoms with Crippen molar-refractivity contribution in [1.29, 1.82) is 0 Å². The molecular formula is C18H17N3O5S. The minimum absolute atomic E-state index is 0.0755. The number of aryl methyl sites for hydroxylation is 1. The molecule has 2 aromatic carbocycles. The average molecular weight is 387 g/mol. The molecule has 140 valence electrons. The topological polar surface area (TPSA) is 105 Å². The van der Waals surface area contributed by atoms with E-state index in [1.54, 1.807) is 36.4 Å². The summed E-state index contributed by atoms with van der Waals surface area (Å²) in [6, 6.07) is 11.2. The van der Waals surface area contributed by atoms with Crippen molar-refractivity contribution in [3.05, 3.63) is 48.0 Å². The summed E-state index contributed by atoms with van der Waals surface area (Å²) in [6.07, 6.45) is 0.376. The van der Waals surface area contributed by atoms with Crippen molar-refractivity contribution in [2.24, 2.45) is 0 Å². The number of sulfonamides is 1. The van der Waals surface area contributed by atoms with Crippen LogP contribution < -0.4 is 14.9 Å². The third-order valence-corrected chi connectivity index (χ3v) is 5.83. The van der Waals surface area contributed by atoms with E-state index in [4.69, 9.17) is 4.74 Å². The van der Waals surface area contributed by atoms with Gasteiger partial charge in [0.1, 0.15) is 6.61 Å². The molecule has 2 aromatic rings. The highest BCUT2D eigenvalue weighted by Gasteiger charge is 2.24. The minimum Gasteiger partial charge on any atom is -0.447 e. The molecule has 2 heterocycles. The molecule has 0 aromatic heterocycles. The van der Waals surface area contributed by atoms with Gasteiger partial charge in [-0.3, -0.25) is 14.4 Å². The summed E-state index contributed by atoms with van der Waals surface area (Å²) in [7, 11) is -3.81. The van der Waals surface area contributed by atoms with Crippen LogP contribution in [-0.2, 0) is 26.0 Å². The number of benzene rings is 2. The molecule has 9 heteroatoms. The number of hydrogen-bond acceptors (Lipinski definition) is 5. The zero-order valence-corrected chi connectivity index (χ0v) is 15.1. The monoisotopic (exact) mass is 387 g/mol. The molecule has 2 aliphatic rings. The normalized spacial score (nSPS) is 16.5. The number of fused-ring (bicyclic) bond motifs is 1. The summed E-state index contributed by atoms with van der Waals surface area (Å²) in [5.41, 5.74) is 2.33. The van der Waals surface area contributed by atoms with Gasteiger partial charge in [0.2, 0.25) is 5.91 Å². The molecule has 1 saturated heterocycles.